The van der Waals surface area contributed by atoms with Crippen molar-refractivity contribution >= 4 is 41.2 Å². The largest absolute Gasteiger partial charge is 0.349 e. The van der Waals surface area contributed by atoms with Crippen LogP contribution in [0.2, 0.25) is 0 Å². The fourth-order valence-corrected chi connectivity index (χ4v) is 5.08. The molecular weight excluding hydrogens is 616 g/mol. The zero-order chi connectivity index (χ0) is 36.4. The number of carbonyl (C=O) groups excluding carboxylic acids is 7. The average Bonchev–Trinajstić information content (AvgIpc) is 3.00. The number of Topliss-reactive ketones (excluding diaryl/α,β-unsaturated/α-hetero) is 1. The third-order valence-corrected chi connectivity index (χ3v) is 7.91. The van der Waals surface area contributed by atoms with Gasteiger partial charge in [-0.1, -0.05) is 53.7 Å². The molecule has 0 aliphatic carbocycles. The number of nitrogens with one attached hydrogen (secondary N) is 4. The van der Waals surface area contributed by atoms with Crippen LogP contribution in [-0.2, 0) is 35.3 Å². The lowest BCUT2D eigenvalue weighted by atomic mass is 9.85. The van der Waals surface area contributed by atoms with Gasteiger partial charge in [-0.15, -0.1) is 0 Å². The predicted molar refractivity (Wildman–Crippen MR) is 181 cm³/mol. The molecule has 0 aromatic heterocycles. The first-order chi connectivity index (χ1) is 22.2. The summed E-state index contributed by atoms with van der Waals surface area (Å²) in [5, 5.41) is 10.3. The zero-order valence-electron chi connectivity index (χ0n) is 30.0. The summed E-state index contributed by atoms with van der Waals surface area (Å²) in [7, 11) is 3.00. The monoisotopic (exact) mass is 670 g/mol. The molecule has 1 aliphatic heterocycles. The van der Waals surface area contributed by atoms with Crippen molar-refractivity contribution in [3.63, 3.8) is 0 Å². The van der Waals surface area contributed by atoms with Crippen molar-refractivity contribution in [1.82, 2.24) is 31.1 Å². The summed E-state index contributed by atoms with van der Waals surface area (Å²) < 4.78 is 0. The maximum absolute atomic E-state index is 13.5. The Balaban J connectivity index is 2.05. The van der Waals surface area contributed by atoms with Gasteiger partial charge in [0, 0.05) is 45.7 Å². The second-order valence-corrected chi connectivity index (χ2v) is 15.0. The quantitative estimate of drug-likeness (QED) is 0.232. The zero-order valence-corrected chi connectivity index (χ0v) is 30.0. The molecule has 0 saturated carbocycles. The lowest BCUT2D eigenvalue weighted by Crippen LogP contribution is -2.59. The number of ketones is 1. The van der Waals surface area contributed by atoms with Crippen molar-refractivity contribution in [3.05, 3.63) is 35.4 Å². The van der Waals surface area contributed by atoms with Gasteiger partial charge in [-0.25, -0.2) is 0 Å². The van der Waals surface area contributed by atoms with Gasteiger partial charge in [-0.05, 0) is 54.7 Å². The standard InChI is InChI=1S/C35H54N6O7/c1-22(28(44)31(46)36-21-23-13-15-24(16-14-23)33(48)41-17-11-10-12-18-41)37-30(45)25(19-27(43)40(8)9)38-32(47)29(35(5,6)7)39-26(42)20-34(2,3)4/h13-16,22,25,29H,10-12,17-21H2,1-9H3,(H,36,46)(H,37,45)(H,38,47)(H,39,42)/t22?,25-,29+/m0/s1. The maximum atomic E-state index is 13.5. The lowest BCUT2D eigenvalue weighted by Gasteiger charge is -2.33. The second kappa shape index (κ2) is 17.2. The average molecular weight is 671 g/mol. The van der Waals surface area contributed by atoms with Crippen LogP contribution in [0.5, 0.6) is 0 Å². The molecule has 1 unspecified atom stereocenters. The van der Waals surface area contributed by atoms with Crippen LogP contribution in [0.1, 0.15) is 96.5 Å². The fraction of sp³-hybridized carbons (Fsp3) is 0.629. The molecule has 0 spiro atoms. The van der Waals surface area contributed by atoms with Crippen molar-refractivity contribution in [1.29, 1.82) is 0 Å². The summed E-state index contributed by atoms with van der Waals surface area (Å²) in [5.74, 6) is -4.20. The molecule has 13 nitrogen and oxygen atoms in total. The minimum absolute atomic E-state index is 0.0224. The molecule has 4 N–H and O–H groups in total. The van der Waals surface area contributed by atoms with Crippen molar-refractivity contribution in [2.45, 2.75) is 105 Å². The van der Waals surface area contributed by atoms with Crippen LogP contribution in [0.15, 0.2) is 24.3 Å². The minimum atomic E-state index is -1.39. The van der Waals surface area contributed by atoms with Gasteiger partial charge in [0.2, 0.25) is 29.4 Å². The molecule has 13 heteroatoms. The molecule has 0 radical (unpaired) electrons. The van der Waals surface area contributed by atoms with E-state index in [0.29, 0.717) is 11.1 Å². The van der Waals surface area contributed by atoms with Crippen LogP contribution in [0, 0.1) is 10.8 Å². The number of benzene rings is 1. The number of amides is 6. The molecule has 48 heavy (non-hydrogen) atoms. The summed E-state index contributed by atoms with van der Waals surface area (Å²) >= 11 is 0. The van der Waals surface area contributed by atoms with E-state index < -0.39 is 59.4 Å². The summed E-state index contributed by atoms with van der Waals surface area (Å²) in [6.07, 6.45) is 2.85. The SMILES string of the molecule is CC(NC(=O)[C@H](CC(=O)N(C)C)NC(=O)[C@@H](NC(=O)CC(C)(C)C)C(C)(C)C)C(=O)C(=O)NCc1ccc(C(=O)N2CCCCC2)cc1. The van der Waals surface area contributed by atoms with Crippen molar-refractivity contribution in [2.24, 2.45) is 10.8 Å². The van der Waals surface area contributed by atoms with Crippen LogP contribution in [0.25, 0.3) is 0 Å². The highest BCUT2D eigenvalue weighted by molar-refractivity contribution is 6.38. The van der Waals surface area contributed by atoms with Gasteiger partial charge in [0.1, 0.15) is 12.1 Å². The van der Waals surface area contributed by atoms with Gasteiger partial charge in [0.25, 0.3) is 11.8 Å². The highest BCUT2D eigenvalue weighted by Gasteiger charge is 2.37. The van der Waals surface area contributed by atoms with E-state index in [0.717, 1.165) is 32.4 Å². The molecule has 266 valence electrons. The van der Waals surface area contributed by atoms with Gasteiger partial charge >= 0.3 is 0 Å². The lowest BCUT2D eigenvalue weighted by molar-refractivity contribution is -0.141. The Bertz CT molecular complexity index is 1340. The van der Waals surface area contributed by atoms with Crippen LogP contribution >= 0.6 is 0 Å². The van der Waals surface area contributed by atoms with E-state index in [1.54, 1.807) is 45.0 Å². The molecule has 1 fully saturated rings. The normalized spacial score (nSPS) is 15.3. The molecule has 1 aromatic carbocycles. The number of nitrogens with zero attached hydrogens (tertiary/aromatic N) is 2. The summed E-state index contributed by atoms with van der Waals surface area (Å²) in [6.45, 7) is 13.8. The molecule has 3 atom stereocenters. The van der Waals surface area contributed by atoms with Gasteiger partial charge < -0.3 is 31.1 Å². The smallest absolute Gasteiger partial charge is 0.289 e. The first-order valence-electron chi connectivity index (χ1n) is 16.5. The van der Waals surface area contributed by atoms with E-state index in [9.17, 15) is 33.6 Å². The molecule has 1 saturated heterocycles. The van der Waals surface area contributed by atoms with E-state index >= 15 is 0 Å². The Labute approximate surface area is 284 Å². The molecular formula is C35H54N6O7. The van der Waals surface area contributed by atoms with Crippen LogP contribution < -0.4 is 21.3 Å². The molecule has 1 heterocycles. The van der Waals surface area contributed by atoms with E-state index in [2.05, 4.69) is 21.3 Å². The number of piperidine rings is 1. The predicted octanol–water partition coefficient (Wildman–Crippen LogP) is 1.93. The number of likely N-dealkylation sites (tertiary alicyclic amines) is 1. The number of hydrogen-bond acceptors (Lipinski definition) is 7. The summed E-state index contributed by atoms with van der Waals surface area (Å²) in [4.78, 5) is 93.5. The topological polar surface area (TPSA) is 174 Å². The summed E-state index contributed by atoms with van der Waals surface area (Å²) in [5.41, 5.74) is 0.163. The van der Waals surface area contributed by atoms with E-state index in [-0.39, 0.29) is 30.2 Å². The number of hydrogen-bond donors (Lipinski definition) is 4. The van der Waals surface area contributed by atoms with E-state index in [4.69, 9.17) is 0 Å². The Hall–Kier alpha value is -4.29. The minimum Gasteiger partial charge on any atom is -0.349 e. The highest BCUT2D eigenvalue weighted by Crippen LogP contribution is 2.23. The van der Waals surface area contributed by atoms with Gasteiger partial charge in [0.05, 0.1) is 12.5 Å². The first-order valence-corrected chi connectivity index (χ1v) is 16.5. The highest BCUT2D eigenvalue weighted by atomic mass is 16.2. The molecule has 0 bridgehead atoms. The Morgan fingerprint density at radius 1 is 0.812 bits per heavy atom. The van der Waals surface area contributed by atoms with Crippen LogP contribution in [-0.4, -0.2) is 96.3 Å². The Morgan fingerprint density at radius 2 is 1.40 bits per heavy atom. The number of carbonyl (C=O) groups is 7. The fourth-order valence-electron chi connectivity index (χ4n) is 5.08. The van der Waals surface area contributed by atoms with Gasteiger partial charge in [-0.3, -0.25) is 33.6 Å². The van der Waals surface area contributed by atoms with Crippen molar-refractivity contribution in [2.75, 3.05) is 27.2 Å². The van der Waals surface area contributed by atoms with Gasteiger partial charge in [0.15, 0.2) is 0 Å². The first kappa shape index (κ1) is 39.9. The van der Waals surface area contributed by atoms with Crippen molar-refractivity contribution < 1.29 is 33.6 Å². The molecule has 1 aliphatic rings. The van der Waals surface area contributed by atoms with Gasteiger partial charge in [-0.2, -0.15) is 0 Å². The van der Waals surface area contributed by atoms with E-state index in [1.807, 2.05) is 25.7 Å². The Kier molecular flexibility index (Phi) is 14.3. The third kappa shape index (κ3) is 12.7. The maximum Gasteiger partial charge on any atom is 0.289 e. The molecule has 2 rings (SSSR count). The Morgan fingerprint density at radius 3 is 1.92 bits per heavy atom. The number of rotatable bonds is 13. The van der Waals surface area contributed by atoms with Crippen molar-refractivity contribution in [3.8, 4) is 0 Å². The third-order valence-electron chi connectivity index (χ3n) is 7.91. The molecule has 1 aromatic rings. The van der Waals surface area contributed by atoms with E-state index in [1.165, 1.54) is 25.9 Å². The summed E-state index contributed by atoms with van der Waals surface area (Å²) in [6, 6.07) is 3.09. The molecule has 6 amide bonds. The second-order valence-electron chi connectivity index (χ2n) is 15.0. The van der Waals surface area contributed by atoms with Crippen LogP contribution in [0.3, 0.4) is 0 Å². The van der Waals surface area contributed by atoms with Crippen LogP contribution in [0.4, 0.5) is 0 Å².